The van der Waals surface area contributed by atoms with Gasteiger partial charge < -0.3 is 20.1 Å². The van der Waals surface area contributed by atoms with Crippen LogP contribution in [0, 0.1) is 20.8 Å². The summed E-state index contributed by atoms with van der Waals surface area (Å²) in [7, 11) is 0. The largest absolute Gasteiger partial charge is 0.360 e. The van der Waals surface area contributed by atoms with Gasteiger partial charge in [0.1, 0.15) is 0 Å². The van der Waals surface area contributed by atoms with Crippen molar-refractivity contribution in [2.45, 2.75) is 59.5 Å². The van der Waals surface area contributed by atoms with Gasteiger partial charge in [0.25, 0.3) is 11.5 Å². The summed E-state index contributed by atoms with van der Waals surface area (Å²) in [5.74, 6) is 0.0667. The number of anilines is 1. The van der Waals surface area contributed by atoms with Crippen LogP contribution in [0.4, 0.5) is 5.00 Å². The summed E-state index contributed by atoms with van der Waals surface area (Å²) < 4.78 is 0. The number of H-pyrrole nitrogens is 1. The minimum atomic E-state index is -0.0862. The maximum atomic E-state index is 13.4. The lowest BCUT2D eigenvalue weighted by molar-refractivity contribution is 0.0727. The van der Waals surface area contributed by atoms with E-state index < -0.39 is 0 Å². The molecule has 30 heavy (non-hydrogen) atoms. The van der Waals surface area contributed by atoms with Gasteiger partial charge in [0.05, 0.1) is 17.1 Å². The first-order valence-electron chi connectivity index (χ1n) is 11.0. The number of amides is 1. The van der Waals surface area contributed by atoms with Crippen molar-refractivity contribution in [1.82, 2.24) is 15.2 Å². The Bertz CT molecular complexity index is 1000. The van der Waals surface area contributed by atoms with Crippen LogP contribution in [0.1, 0.15) is 57.4 Å². The molecule has 2 aliphatic heterocycles. The van der Waals surface area contributed by atoms with Crippen molar-refractivity contribution in [1.29, 1.82) is 0 Å². The quantitative estimate of drug-likeness (QED) is 0.768. The predicted molar refractivity (Wildman–Crippen MR) is 123 cm³/mol. The molecule has 4 heterocycles. The zero-order valence-electron chi connectivity index (χ0n) is 18.4. The van der Waals surface area contributed by atoms with Crippen molar-refractivity contribution in [3.8, 4) is 0 Å². The van der Waals surface area contributed by atoms with Crippen molar-refractivity contribution in [3.05, 3.63) is 49.2 Å². The van der Waals surface area contributed by atoms with E-state index in [-0.39, 0.29) is 11.5 Å². The summed E-state index contributed by atoms with van der Waals surface area (Å²) in [4.78, 5) is 34.3. The van der Waals surface area contributed by atoms with Gasteiger partial charge >= 0.3 is 0 Å². The summed E-state index contributed by atoms with van der Waals surface area (Å²) in [5.41, 5.74) is 4.38. The number of carbonyl (C=O) groups is 1. The molecule has 1 amide bonds. The molecule has 6 nitrogen and oxygen atoms in total. The third-order valence-corrected chi connectivity index (χ3v) is 7.89. The number of hydrogen-bond acceptors (Lipinski definition) is 5. The monoisotopic (exact) mass is 428 g/mol. The SMILES string of the molecule is CCN(c1sc2c(c1C)C(=O)N(Cc1c(C)cc(C)[nH]c1=O)CC2)C1CCNCC1. The number of piperidine rings is 1. The second-order valence-electron chi connectivity index (χ2n) is 8.52. The van der Waals surface area contributed by atoms with E-state index in [2.05, 4.69) is 29.0 Å². The highest BCUT2D eigenvalue weighted by Gasteiger charge is 2.33. The minimum Gasteiger partial charge on any atom is -0.360 e. The van der Waals surface area contributed by atoms with Gasteiger partial charge in [-0.05, 0) is 70.8 Å². The smallest absolute Gasteiger partial charge is 0.255 e. The van der Waals surface area contributed by atoms with Crippen LogP contribution >= 0.6 is 11.3 Å². The molecule has 0 bridgehead atoms. The van der Waals surface area contributed by atoms with Crippen molar-refractivity contribution in [2.24, 2.45) is 0 Å². The summed E-state index contributed by atoms with van der Waals surface area (Å²) in [6, 6.07) is 2.51. The van der Waals surface area contributed by atoms with Crippen molar-refractivity contribution < 1.29 is 4.79 Å². The van der Waals surface area contributed by atoms with Crippen LogP contribution in [0.5, 0.6) is 0 Å². The molecule has 4 rings (SSSR count). The summed E-state index contributed by atoms with van der Waals surface area (Å²) >= 11 is 1.80. The number of nitrogens with zero attached hydrogens (tertiary/aromatic N) is 2. The van der Waals surface area contributed by atoms with Crippen molar-refractivity contribution in [3.63, 3.8) is 0 Å². The third kappa shape index (κ3) is 3.81. The number of nitrogens with one attached hydrogen (secondary N) is 2. The predicted octanol–water partition coefficient (Wildman–Crippen LogP) is 3.14. The Morgan fingerprint density at radius 1 is 1.20 bits per heavy atom. The zero-order valence-corrected chi connectivity index (χ0v) is 19.2. The maximum Gasteiger partial charge on any atom is 0.255 e. The normalized spacial score (nSPS) is 17.3. The molecular formula is C23H32N4O2S. The molecule has 0 saturated carbocycles. The summed E-state index contributed by atoms with van der Waals surface area (Å²) in [6.45, 7) is 12.2. The van der Waals surface area contributed by atoms with Crippen LogP contribution in [0.15, 0.2) is 10.9 Å². The molecule has 0 unspecified atom stereocenters. The van der Waals surface area contributed by atoms with Crippen LogP contribution in [0.3, 0.4) is 0 Å². The van der Waals surface area contributed by atoms with Gasteiger partial charge in [0.2, 0.25) is 0 Å². The number of rotatable bonds is 5. The lowest BCUT2D eigenvalue weighted by Crippen LogP contribution is -2.43. The van der Waals surface area contributed by atoms with Crippen LogP contribution in [0.25, 0.3) is 0 Å². The van der Waals surface area contributed by atoms with Gasteiger partial charge in [-0.15, -0.1) is 11.3 Å². The molecule has 2 aromatic heterocycles. The Labute approximate surface area is 182 Å². The van der Waals surface area contributed by atoms with E-state index >= 15 is 0 Å². The van der Waals surface area contributed by atoms with E-state index in [1.165, 1.54) is 9.88 Å². The van der Waals surface area contributed by atoms with Crippen LogP contribution in [0.2, 0.25) is 0 Å². The molecule has 0 spiro atoms. The van der Waals surface area contributed by atoms with E-state index in [0.29, 0.717) is 24.7 Å². The average Bonchev–Trinajstić information content (AvgIpc) is 3.05. The maximum absolute atomic E-state index is 13.4. The van der Waals surface area contributed by atoms with Gasteiger partial charge in [-0.3, -0.25) is 9.59 Å². The Morgan fingerprint density at radius 3 is 2.60 bits per heavy atom. The fourth-order valence-corrected chi connectivity index (χ4v) is 6.31. The second kappa shape index (κ2) is 8.55. The van der Waals surface area contributed by atoms with Crippen LogP contribution in [-0.2, 0) is 13.0 Å². The molecule has 0 radical (unpaired) electrons. The van der Waals surface area contributed by atoms with Gasteiger partial charge in [-0.25, -0.2) is 0 Å². The number of aromatic amines is 1. The molecule has 2 N–H and O–H groups in total. The lowest BCUT2D eigenvalue weighted by atomic mass is 10.0. The standard InChI is InChI=1S/C23H32N4O2S/c1-5-27(17-6-9-24-10-7-17)23-16(4)20-19(30-23)8-11-26(22(20)29)13-18-14(2)12-15(3)25-21(18)28/h12,17,24H,5-11,13H2,1-4H3,(H,25,28). The molecular weight excluding hydrogens is 396 g/mol. The number of pyridine rings is 1. The number of fused-ring (bicyclic) bond motifs is 1. The Morgan fingerprint density at radius 2 is 1.93 bits per heavy atom. The van der Waals surface area contributed by atoms with Crippen molar-refractivity contribution >= 4 is 22.2 Å². The van der Waals surface area contributed by atoms with E-state index in [9.17, 15) is 9.59 Å². The Hall–Kier alpha value is -2.12. The molecule has 1 saturated heterocycles. The fraction of sp³-hybridized carbons (Fsp3) is 0.565. The lowest BCUT2D eigenvalue weighted by Gasteiger charge is -2.35. The summed E-state index contributed by atoms with van der Waals surface area (Å²) in [6.07, 6.45) is 3.15. The van der Waals surface area contributed by atoms with Gasteiger partial charge in [0, 0.05) is 41.7 Å². The number of aromatic nitrogens is 1. The molecule has 2 aromatic rings. The fourth-order valence-electron chi connectivity index (χ4n) is 4.89. The van der Waals surface area contributed by atoms with Gasteiger partial charge in [-0.2, -0.15) is 0 Å². The van der Waals surface area contributed by atoms with Crippen LogP contribution in [-0.4, -0.2) is 48.0 Å². The highest BCUT2D eigenvalue weighted by molar-refractivity contribution is 7.16. The van der Waals surface area contributed by atoms with Gasteiger partial charge in [0.15, 0.2) is 0 Å². The number of carbonyl (C=O) groups excluding carboxylic acids is 1. The number of aryl methyl sites for hydroxylation is 2. The molecule has 7 heteroatoms. The molecule has 162 valence electrons. The van der Waals surface area contributed by atoms with Crippen molar-refractivity contribution in [2.75, 3.05) is 31.1 Å². The highest BCUT2D eigenvalue weighted by atomic mass is 32.1. The molecule has 0 aromatic carbocycles. The number of hydrogen-bond donors (Lipinski definition) is 2. The number of thiophene rings is 1. The molecule has 0 atom stereocenters. The topological polar surface area (TPSA) is 68.4 Å². The van der Waals surface area contributed by atoms with E-state index in [0.717, 1.165) is 61.3 Å². The van der Waals surface area contributed by atoms with Crippen LogP contribution < -0.4 is 15.8 Å². The first kappa shape index (κ1) is 21.1. The zero-order chi connectivity index (χ0) is 21.4. The highest BCUT2D eigenvalue weighted by Crippen LogP contribution is 2.40. The minimum absolute atomic E-state index is 0.0667. The van der Waals surface area contributed by atoms with Gasteiger partial charge in [-0.1, -0.05) is 0 Å². The average molecular weight is 429 g/mol. The van der Waals surface area contributed by atoms with E-state index in [1.807, 2.05) is 24.8 Å². The third-order valence-electron chi connectivity index (χ3n) is 6.50. The second-order valence-corrected chi connectivity index (χ2v) is 9.60. The Balaban J connectivity index is 1.61. The van der Waals surface area contributed by atoms with E-state index in [1.54, 1.807) is 11.3 Å². The first-order valence-corrected chi connectivity index (χ1v) is 11.8. The molecule has 1 fully saturated rings. The summed E-state index contributed by atoms with van der Waals surface area (Å²) in [5, 5.41) is 4.70. The first-order chi connectivity index (χ1) is 14.4. The van der Waals surface area contributed by atoms with E-state index in [4.69, 9.17) is 0 Å². The molecule has 0 aliphatic carbocycles. The Kier molecular flexibility index (Phi) is 6.02. The molecule has 2 aliphatic rings.